The second-order valence-corrected chi connectivity index (χ2v) is 8.76. The highest BCUT2D eigenvalue weighted by Gasteiger charge is 2.25. The number of rotatable bonds is 6. The first-order chi connectivity index (χ1) is 14.0. The largest absolute Gasteiger partial charge is 0.592 e. The van der Waals surface area contributed by atoms with E-state index in [1.165, 1.54) is 22.2 Å². The Labute approximate surface area is 170 Å². The molecule has 1 aliphatic heterocycles. The Kier molecular flexibility index (Phi) is 6.03. The molecule has 0 radical (unpaired) electrons. The zero-order chi connectivity index (χ0) is 20.4. The van der Waals surface area contributed by atoms with Crippen molar-refractivity contribution in [1.29, 1.82) is 0 Å². The lowest BCUT2D eigenvalue weighted by atomic mass is 9.90. The van der Waals surface area contributed by atoms with Crippen molar-refractivity contribution in [2.45, 2.75) is 19.3 Å². The number of oxazole rings is 1. The molecule has 2 aromatic carbocycles. The summed E-state index contributed by atoms with van der Waals surface area (Å²) in [5, 5.41) is 0. The second-order valence-electron chi connectivity index (χ2n) is 7.35. The molecular weight excluding hydrogens is 398 g/mol. The minimum Gasteiger partial charge on any atom is -0.592 e. The number of halogens is 2. The molecule has 0 saturated carbocycles. The summed E-state index contributed by atoms with van der Waals surface area (Å²) in [6.45, 7) is 2.14. The third-order valence-electron chi connectivity index (χ3n) is 5.49. The van der Waals surface area contributed by atoms with Crippen LogP contribution in [0, 0.1) is 17.6 Å². The molecule has 1 unspecified atom stereocenters. The molecule has 29 heavy (non-hydrogen) atoms. The molecular formula is C21H22F2N2O3S. The molecule has 3 aromatic rings. The summed E-state index contributed by atoms with van der Waals surface area (Å²) in [6, 6.07) is 10.9. The lowest BCUT2D eigenvalue weighted by Gasteiger charge is -2.31. The van der Waals surface area contributed by atoms with E-state index in [0.717, 1.165) is 25.9 Å². The van der Waals surface area contributed by atoms with Crippen LogP contribution < -0.4 is 5.76 Å². The Morgan fingerprint density at radius 1 is 1.07 bits per heavy atom. The van der Waals surface area contributed by atoms with Crippen molar-refractivity contribution in [3.8, 4) is 0 Å². The molecule has 1 atom stereocenters. The summed E-state index contributed by atoms with van der Waals surface area (Å²) in [5.74, 6) is -1.05. The van der Waals surface area contributed by atoms with Gasteiger partial charge in [-0.15, -0.1) is 0 Å². The van der Waals surface area contributed by atoms with Gasteiger partial charge in [0, 0.05) is 12.1 Å². The van der Waals surface area contributed by atoms with E-state index >= 15 is 0 Å². The quantitative estimate of drug-likeness (QED) is 0.574. The maximum atomic E-state index is 13.9. The van der Waals surface area contributed by atoms with Gasteiger partial charge in [-0.1, -0.05) is 22.2 Å². The molecule has 8 heteroatoms. The maximum Gasteiger partial charge on any atom is 0.462 e. The molecule has 1 aromatic heterocycles. The van der Waals surface area contributed by atoms with Gasteiger partial charge in [0.1, 0.15) is 22.9 Å². The van der Waals surface area contributed by atoms with Gasteiger partial charge in [0.15, 0.2) is 5.58 Å². The topological polar surface area (TPSA) is 61.4 Å². The molecule has 0 aliphatic carbocycles. The molecule has 1 aliphatic rings. The van der Waals surface area contributed by atoms with Crippen LogP contribution in [0.1, 0.15) is 18.4 Å². The average Bonchev–Trinajstić information content (AvgIpc) is 3.06. The van der Waals surface area contributed by atoms with Gasteiger partial charge in [0.05, 0.1) is 11.4 Å². The fraction of sp³-hybridized carbons (Fsp3) is 0.381. The highest BCUT2D eigenvalue weighted by molar-refractivity contribution is 7.90. The van der Waals surface area contributed by atoms with E-state index in [9.17, 15) is 18.1 Å². The van der Waals surface area contributed by atoms with Crippen molar-refractivity contribution >= 4 is 22.5 Å². The average molecular weight is 420 g/mol. The summed E-state index contributed by atoms with van der Waals surface area (Å²) in [5.41, 5.74) is 1.12. The smallest absolute Gasteiger partial charge is 0.462 e. The van der Waals surface area contributed by atoms with Gasteiger partial charge in [-0.2, -0.15) is 0 Å². The molecule has 1 saturated heterocycles. The van der Waals surface area contributed by atoms with Gasteiger partial charge >= 0.3 is 5.76 Å². The number of para-hydroxylation sites is 2. The molecule has 0 N–H and O–H groups in total. The van der Waals surface area contributed by atoms with Crippen LogP contribution in [-0.4, -0.2) is 38.8 Å². The highest BCUT2D eigenvalue weighted by atomic mass is 32.2. The van der Waals surface area contributed by atoms with E-state index in [-0.39, 0.29) is 11.5 Å². The molecule has 0 amide bonds. The van der Waals surface area contributed by atoms with Crippen molar-refractivity contribution in [2.75, 3.05) is 25.4 Å². The van der Waals surface area contributed by atoms with Crippen LogP contribution in [0.4, 0.5) is 8.78 Å². The zero-order valence-electron chi connectivity index (χ0n) is 15.9. The van der Waals surface area contributed by atoms with E-state index in [1.807, 2.05) is 0 Å². The normalized spacial score (nSPS) is 17.1. The predicted molar refractivity (Wildman–Crippen MR) is 108 cm³/mol. The third kappa shape index (κ3) is 4.39. The minimum absolute atomic E-state index is 0.165. The molecule has 4 rings (SSSR count). The number of fused-ring (bicyclic) bond motifs is 1. The number of hydrogen-bond acceptors (Lipinski definition) is 4. The highest BCUT2D eigenvalue weighted by Crippen LogP contribution is 2.24. The fourth-order valence-electron chi connectivity index (χ4n) is 3.87. The van der Waals surface area contributed by atoms with Crippen LogP contribution >= 0.6 is 0 Å². The summed E-state index contributed by atoms with van der Waals surface area (Å²) in [7, 11) is 0. The number of hydrogen-bond donors (Lipinski definition) is 0. The van der Waals surface area contributed by atoms with Gasteiger partial charge in [0.2, 0.25) is 0 Å². The first kappa shape index (κ1) is 20.1. The first-order valence-electron chi connectivity index (χ1n) is 9.67. The molecule has 0 bridgehead atoms. The zero-order valence-corrected chi connectivity index (χ0v) is 16.7. The van der Waals surface area contributed by atoms with Crippen LogP contribution in [0.25, 0.3) is 11.1 Å². The van der Waals surface area contributed by atoms with E-state index in [0.29, 0.717) is 29.8 Å². The predicted octanol–water partition coefficient (Wildman–Crippen LogP) is 3.34. The summed E-state index contributed by atoms with van der Waals surface area (Å²) < 4.78 is 46.7. The number of piperidine rings is 1. The van der Waals surface area contributed by atoms with Crippen molar-refractivity contribution in [3.05, 3.63) is 70.2 Å². The summed E-state index contributed by atoms with van der Waals surface area (Å²) >= 11 is -1.52. The van der Waals surface area contributed by atoms with Gasteiger partial charge < -0.3 is 8.97 Å². The van der Waals surface area contributed by atoms with Crippen LogP contribution in [0.15, 0.2) is 51.7 Å². The van der Waals surface area contributed by atoms with Gasteiger partial charge in [-0.25, -0.2) is 13.6 Å². The van der Waals surface area contributed by atoms with Gasteiger partial charge in [-0.05, 0) is 62.5 Å². The molecule has 1 fully saturated rings. The number of aromatic nitrogens is 1. The van der Waals surface area contributed by atoms with E-state index < -0.39 is 28.8 Å². The SMILES string of the molecule is O=c1oc2ccccc2n1[S+]([O-])CCN1CCC(Cc2c(F)cccc2F)CC1. The maximum absolute atomic E-state index is 13.9. The Hall–Kier alpha value is -2.16. The molecule has 2 heterocycles. The second kappa shape index (κ2) is 8.69. The van der Waals surface area contributed by atoms with Crippen molar-refractivity contribution in [3.63, 3.8) is 0 Å². The van der Waals surface area contributed by atoms with Crippen molar-refractivity contribution < 1.29 is 17.8 Å². The van der Waals surface area contributed by atoms with Crippen LogP contribution in [0.5, 0.6) is 0 Å². The molecule has 0 spiro atoms. The van der Waals surface area contributed by atoms with Crippen LogP contribution in [0.2, 0.25) is 0 Å². The van der Waals surface area contributed by atoms with Crippen molar-refractivity contribution in [1.82, 2.24) is 8.87 Å². The standard InChI is InChI=1S/C21H22F2N2O3S/c22-17-4-3-5-18(23)16(17)14-15-8-10-24(11-9-15)12-13-29(27)25-19-6-1-2-7-20(19)28-21(25)26/h1-7,15H,8-14H2. The Bertz CT molecular complexity index is 1020. The molecule has 154 valence electrons. The third-order valence-corrected chi connectivity index (χ3v) is 6.78. The van der Waals surface area contributed by atoms with E-state index in [4.69, 9.17) is 4.42 Å². The first-order valence-corrected chi connectivity index (χ1v) is 10.9. The Balaban J connectivity index is 1.31. The lowest BCUT2D eigenvalue weighted by Crippen LogP contribution is -2.39. The lowest BCUT2D eigenvalue weighted by molar-refractivity contribution is 0.191. The summed E-state index contributed by atoms with van der Waals surface area (Å²) in [6.07, 6.45) is 2.05. The van der Waals surface area contributed by atoms with E-state index in [1.54, 1.807) is 24.3 Å². The van der Waals surface area contributed by atoms with Gasteiger partial charge in [0.25, 0.3) is 0 Å². The van der Waals surface area contributed by atoms with E-state index in [2.05, 4.69) is 4.90 Å². The Morgan fingerprint density at radius 2 is 1.76 bits per heavy atom. The number of likely N-dealkylation sites (tertiary alicyclic amines) is 1. The van der Waals surface area contributed by atoms with Gasteiger partial charge in [-0.3, -0.25) is 4.90 Å². The fourth-order valence-corrected chi connectivity index (χ4v) is 5.04. The monoisotopic (exact) mass is 420 g/mol. The number of benzene rings is 2. The van der Waals surface area contributed by atoms with Crippen molar-refractivity contribution in [2.24, 2.45) is 5.92 Å². The van der Waals surface area contributed by atoms with Crippen LogP contribution in [-0.2, 0) is 17.8 Å². The minimum atomic E-state index is -1.52. The summed E-state index contributed by atoms with van der Waals surface area (Å²) in [4.78, 5) is 14.2. The Morgan fingerprint density at radius 3 is 2.48 bits per heavy atom. The van der Waals surface area contributed by atoms with Crippen LogP contribution in [0.3, 0.4) is 0 Å². The molecule has 5 nitrogen and oxygen atoms in total. The number of nitrogens with zero attached hydrogens (tertiary/aromatic N) is 2.